The maximum Gasteiger partial charge on any atom is 0.414 e. The van der Waals surface area contributed by atoms with Crippen LogP contribution in [0.1, 0.15) is 33.3 Å². The van der Waals surface area contributed by atoms with Crippen LogP contribution in [0.4, 0.5) is 10.5 Å². The third kappa shape index (κ3) is 3.77. The molecular weight excluding hydrogens is 214 g/mol. The molecule has 17 heavy (non-hydrogen) atoms. The molecule has 1 aromatic carbocycles. The third-order valence-electron chi connectivity index (χ3n) is 2.40. The van der Waals surface area contributed by atoms with Crippen LogP contribution in [0.15, 0.2) is 24.3 Å². The molecule has 94 valence electrons. The van der Waals surface area contributed by atoms with Gasteiger partial charge in [0.2, 0.25) is 0 Å². The highest BCUT2D eigenvalue weighted by atomic mass is 16.6. The normalized spacial score (nSPS) is 11.1. The second-order valence-electron chi connectivity index (χ2n) is 5.02. The molecule has 1 aromatic rings. The van der Waals surface area contributed by atoms with Crippen molar-refractivity contribution in [1.29, 1.82) is 0 Å². The van der Waals surface area contributed by atoms with Gasteiger partial charge < -0.3 is 4.74 Å². The van der Waals surface area contributed by atoms with Crippen molar-refractivity contribution in [2.75, 3.05) is 11.9 Å². The fourth-order valence-electron chi connectivity index (χ4n) is 1.57. The van der Waals surface area contributed by atoms with Gasteiger partial charge in [0.1, 0.15) is 5.60 Å². The van der Waals surface area contributed by atoms with Crippen molar-refractivity contribution in [2.45, 2.75) is 39.7 Å². The van der Waals surface area contributed by atoms with Crippen LogP contribution in [-0.4, -0.2) is 18.7 Å². The first-order valence-corrected chi connectivity index (χ1v) is 5.89. The summed E-state index contributed by atoms with van der Waals surface area (Å²) in [6.45, 7) is 7.67. The Hall–Kier alpha value is -1.51. The van der Waals surface area contributed by atoms with Crippen molar-refractivity contribution in [2.24, 2.45) is 0 Å². The van der Waals surface area contributed by atoms with E-state index >= 15 is 0 Å². The number of benzene rings is 1. The van der Waals surface area contributed by atoms with Gasteiger partial charge in [0, 0.05) is 12.7 Å². The van der Waals surface area contributed by atoms with E-state index in [2.05, 4.69) is 6.92 Å². The van der Waals surface area contributed by atoms with Crippen molar-refractivity contribution >= 4 is 11.8 Å². The molecule has 3 nitrogen and oxygen atoms in total. The van der Waals surface area contributed by atoms with Gasteiger partial charge in [-0.15, -0.1) is 0 Å². The molecule has 0 aromatic heterocycles. The molecule has 0 saturated heterocycles. The second-order valence-corrected chi connectivity index (χ2v) is 5.02. The molecule has 0 radical (unpaired) electrons. The van der Waals surface area contributed by atoms with E-state index in [4.69, 9.17) is 4.74 Å². The average molecular weight is 235 g/mol. The maximum absolute atomic E-state index is 11.9. The number of amides is 1. The van der Waals surface area contributed by atoms with Gasteiger partial charge in [-0.25, -0.2) is 4.79 Å². The van der Waals surface area contributed by atoms with Crippen molar-refractivity contribution in [3.8, 4) is 0 Å². The molecule has 0 aliphatic rings. The Labute approximate surface area is 103 Å². The Morgan fingerprint density at radius 1 is 1.29 bits per heavy atom. The number of para-hydroxylation sites is 1. The van der Waals surface area contributed by atoms with E-state index in [0.29, 0.717) is 0 Å². The quantitative estimate of drug-likeness (QED) is 0.783. The Bertz CT molecular complexity index is 393. The topological polar surface area (TPSA) is 29.5 Å². The van der Waals surface area contributed by atoms with Crippen LogP contribution in [0.3, 0.4) is 0 Å². The fraction of sp³-hybridized carbons (Fsp3) is 0.500. The number of aryl methyl sites for hydroxylation is 1. The van der Waals surface area contributed by atoms with E-state index in [0.717, 1.165) is 17.7 Å². The molecule has 0 N–H and O–H groups in total. The molecular formula is C14H21NO2. The first-order valence-electron chi connectivity index (χ1n) is 5.89. The lowest BCUT2D eigenvalue weighted by Gasteiger charge is -2.25. The monoisotopic (exact) mass is 235 g/mol. The van der Waals surface area contributed by atoms with Gasteiger partial charge in [0.15, 0.2) is 0 Å². The molecule has 0 saturated carbocycles. The van der Waals surface area contributed by atoms with Crippen LogP contribution in [0.2, 0.25) is 0 Å². The second kappa shape index (κ2) is 5.21. The lowest BCUT2D eigenvalue weighted by atomic mass is 10.1. The summed E-state index contributed by atoms with van der Waals surface area (Å²) >= 11 is 0. The molecule has 0 atom stereocenters. The predicted molar refractivity (Wildman–Crippen MR) is 70.5 cm³/mol. The summed E-state index contributed by atoms with van der Waals surface area (Å²) in [7, 11) is 1.74. The highest BCUT2D eigenvalue weighted by molar-refractivity contribution is 5.88. The number of carbonyl (C=O) groups excluding carboxylic acids is 1. The number of ether oxygens (including phenoxy) is 1. The zero-order chi connectivity index (χ0) is 13.1. The number of hydrogen-bond donors (Lipinski definition) is 0. The van der Waals surface area contributed by atoms with Crippen LogP contribution in [0, 0.1) is 0 Å². The van der Waals surface area contributed by atoms with Gasteiger partial charge in [0.05, 0.1) is 0 Å². The molecule has 0 aliphatic heterocycles. The van der Waals surface area contributed by atoms with Gasteiger partial charge >= 0.3 is 6.09 Å². The predicted octanol–water partition coefficient (Wildman–Crippen LogP) is 3.62. The van der Waals surface area contributed by atoms with Crippen molar-refractivity contribution < 1.29 is 9.53 Å². The Morgan fingerprint density at radius 2 is 1.88 bits per heavy atom. The van der Waals surface area contributed by atoms with Crippen LogP contribution in [-0.2, 0) is 11.2 Å². The standard InChI is InChI=1S/C14H21NO2/c1-6-11-9-7-8-10-12(11)15(5)13(16)17-14(2,3)4/h7-10H,6H2,1-5H3. The maximum atomic E-state index is 11.9. The average Bonchev–Trinajstić information content (AvgIpc) is 2.25. The van der Waals surface area contributed by atoms with Gasteiger partial charge in [-0.3, -0.25) is 4.90 Å². The summed E-state index contributed by atoms with van der Waals surface area (Å²) in [5.74, 6) is 0. The molecule has 1 amide bonds. The molecule has 0 bridgehead atoms. The van der Waals surface area contributed by atoms with E-state index in [1.807, 2.05) is 45.0 Å². The SMILES string of the molecule is CCc1ccccc1N(C)C(=O)OC(C)(C)C. The first-order chi connectivity index (χ1) is 7.85. The third-order valence-corrected chi connectivity index (χ3v) is 2.40. The van der Waals surface area contributed by atoms with Crippen LogP contribution in [0.5, 0.6) is 0 Å². The summed E-state index contributed by atoms with van der Waals surface area (Å²) < 4.78 is 5.34. The zero-order valence-electron chi connectivity index (χ0n) is 11.3. The summed E-state index contributed by atoms with van der Waals surface area (Å²) in [6, 6.07) is 7.86. The fourth-order valence-corrected chi connectivity index (χ4v) is 1.57. The minimum absolute atomic E-state index is 0.321. The van der Waals surface area contributed by atoms with E-state index < -0.39 is 5.60 Å². The van der Waals surface area contributed by atoms with Crippen LogP contribution in [0.25, 0.3) is 0 Å². The summed E-state index contributed by atoms with van der Waals surface area (Å²) in [4.78, 5) is 13.5. The van der Waals surface area contributed by atoms with Gasteiger partial charge in [-0.05, 0) is 38.8 Å². The Kier molecular flexibility index (Phi) is 4.16. The van der Waals surface area contributed by atoms with E-state index in [1.165, 1.54) is 0 Å². The van der Waals surface area contributed by atoms with E-state index in [9.17, 15) is 4.79 Å². The molecule has 0 heterocycles. The van der Waals surface area contributed by atoms with Gasteiger partial charge in [0.25, 0.3) is 0 Å². The van der Waals surface area contributed by atoms with E-state index in [-0.39, 0.29) is 6.09 Å². The number of nitrogens with zero attached hydrogens (tertiary/aromatic N) is 1. The summed E-state index contributed by atoms with van der Waals surface area (Å²) in [5.41, 5.74) is 1.58. The minimum Gasteiger partial charge on any atom is -0.443 e. The zero-order valence-corrected chi connectivity index (χ0v) is 11.3. The van der Waals surface area contributed by atoms with Gasteiger partial charge in [-0.2, -0.15) is 0 Å². The number of anilines is 1. The lowest BCUT2D eigenvalue weighted by Crippen LogP contribution is -2.34. The molecule has 0 fully saturated rings. The highest BCUT2D eigenvalue weighted by Gasteiger charge is 2.21. The molecule has 1 rings (SSSR count). The molecule has 0 aliphatic carbocycles. The Balaban J connectivity index is 2.89. The first kappa shape index (κ1) is 13.6. The number of hydrogen-bond acceptors (Lipinski definition) is 2. The van der Waals surface area contributed by atoms with Crippen molar-refractivity contribution in [3.05, 3.63) is 29.8 Å². The van der Waals surface area contributed by atoms with E-state index in [1.54, 1.807) is 11.9 Å². The van der Waals surface area contributed by atoms with Crippen molar-refractivity contribution in [1.82, 2.24) is 0 Å². The molecule has 3 heteroatoms. The summed E-state index contributed by atoms with van der Waals surface area (Å²) in [5, 5.41) is 0. The number of carbonyl (C=O) groups is 1. The minimum atomic E-state index is -0.466. The smallest absolute Gasteiger partial charge is 0.414 e. The highest BCUT2D eigenvalue weighted by Crippen LogP contribution is 2.21. The summed E-state index contributed by atoms with van der Waals surface area (Å²) in [6.07, 6.45) is 0.571. The van der Waals surface area contributed by atoms with Crippen LogP contribution >= 0.6 is 0 Å². The number of rotatable bonds is 2. The van der Waals surface area contributed by atoms with Crippen molar-refractivity contribution in [3.63, 3.8) is 0 Å². The van der Waals surface area contributed by atoms with Gasteiger partial charge in [-0.1, -0.05) is 25.1 Å². The largest absolute Gasteiger partial charge is 0.443 e. The molecule has 0 spiro atoms. The lowest BCUT2D eigenvalue weighted by molar-refractivity contribution is 0.0589. The van der Waals surface area contributed by atoms with Crippen LogP contribution < -0.4 is 4.90 Å². The Morgan fingerprint density at radius 3 is 2.41 bits per heavy atom. The molecule has 0 unspecified atom stereocenters.